The van der Waals surface area contributed by atoms with Crippen LogP contribution in [0.4, 0.5) is 17.1 Å². The average Bonchev–Trinajstić information content (AvgIpc) is 4.17. The molecule has 2 saturated carbocycles. The molecule has 2 fully saturated rings. The van der Waals surface area contributed by atoms with E-state index in [0.29, 0.717) is 0 Å². The predicted octanol–water partition coefficient (Wildman–Crippen LogP) is 17.1. The number of fused-ring (bicyclic) bond motifs is 8. The van der Waals surface area contributed by atoms with E-state index in [1.165, 1.54) is 81.0 Å². The molecule has 3 heteroatoms. The molecular formula is C61H46N2O. The van der Waals surface area contributed by atoms with Gasteiger partial charge in [0.1, 0.15) is 11.2 Å². The Morgan fingerprint density at radius 2 is 1.00 bits per heavy atom. The van der Waals surface area contributed by atoms with Crippen LogP contribution in [-0.4, -0.2) is 4.57 Å². The summed E-state index contributed by atoms with van der Waals surface area (Å²) >= 11 is 0. The Kier molecular flexibility index (Phi) is 8.69. The van der Waals surface area contributed by atoms with Gasteiger partial charge >= 0.3 is 0 Å². The van der Waals surface area contributed by atoms with Crippen LogP contribution in [0.25, 0.3) is 82.8 Å². The number of hydrogen-bond acceptors (Lipinski definition) is 2. The van der Waals surface area contributed by atoms with Crippen LogP contribution < -0.4 is 4.90 Å². The summed E-state index contributed by atoms with van der Waals surface area (Å²) in [5.41, 5.74) is 17.3. The van der Waals surface area contributed by atoms with E-state index in [1.54, 1.807) is 0 Å². The molecule has 3 unspecified atom stereocenters. The van der Waals surface area contributed by atoms with Gasteiger partial charge < -0.3 is 13.9 Å². The van der Waals surface area contributed by atoms with Crippen molar-refractivity contribution in [1.82, 2.24) is 4.57 Å². The van der Waals surface area contributed by atoms with E-state index < -0.39 is 0 Å². The zero-order chi connectivity index (χ0) is 42.1. The number of hydrogen-bond donors (Lipinski definition) is 0. The zero-order valence-electron chi connectivity index (χ0n) is 35.6. The molecule has 3 atom stereocenters. The minimum atomic E-state index is 0.748. The van der Waals surface area contributed by atoms with E-state index >= 15 is 0 Å². The fourth-order valence-corrected chi connectivity index (χ4v) is 11.4. The number of para-hydroxylation sites is 4. The Hall–Kier alpha value is -7.62. The van der Waals surface area contributed by atoms with Crippen molar-refractivity contribution in [1.29, 1.82) is 0 Å². The van der Waals surface area contributed by atoms with Gasteiger partial charge in [-0.25, -0.2) is 0 Å². The summed E-state index contributed by atoms with van der Waals surface area (Å²) in [6.45, 7) is 0. The maximum atomic E-state index is 6.45. The monoisotopic (exact) mass is 822 g/mol. The SMILES string of the molecule is c1ccc(-n2c3ccccc3c3cc(-c4ccc(N(c5ccc(-c6ccc(C7CC8CCC7C8)cc6)cc5)c5ccc(-c6cccc7c6oc6ccccc67)cc5)cc4)ccc32)cc1. The zero-order valence-corrected chi connectivity index (χ0v) is 35.6. The summed E-state index contributed by atoms with van der Waals surface area (Å²) in [6, 6.07) is 77.6. The molecule has 2 aliphatic rings. The lowest BCUT2D eigenvalue weighted by molar-refractivity contribution is 0.420. The molecule has 0 radical (unpaired) electrons. The maximum Gasteiger partial charge on any atom is 0.143 e. The second-order valence-corrected chi connectivity index (χ2v) is 18.1. The normalized spacial score (nSPS) is 17.0. The Morgan fingerprint density at radius 3 is 1.69 bits per heavy atom. The molecule has 306 valence electrons. The van der Waals surface area contributed by atoms with E-state index in [4.69, 9.17) is 4.42 Å². The second-order valence-electron chi connectivity index (χ2n) is 18.1. The second kappa shape index (κ2) is 15.0. The van der Waals surface area contributed by atoms with E-state index in [2.05, 4.69) is 210 Å². The quantitative estimate of drug-likeness (QED) is 0.152. The number of aromatic nitrogens is 1. The highest BCUT2D eigenvalue weighted by molar-refractivity contribution is 6.11. The van der Waals surface area contributed by atoms with Crippen molar-refractivity contribution in [3.8, 4) is 39.1 Å². The molecule has 2 aliphatic carbocycles. The molecule has 13 rings (SSSR count). The number of rotatable bonds is 8. The fraction of sp³-hybridized carbons (Fsp3) is 0.115. The van der Waals surface area contributed by atoms with Crippen LogP contribution >= 0.6 is 0 Å². The molecule has 64 heavy (non-hydrogen) atoms. The van der Waals surface area contributed by atoms with Crippen LogP contribution in [0, 0.1) is 11.8 Å². The third-order valence-electron chi connectivity index (χ3n) is 14.5. The van der Waals surface area contributed by atoms with E-state index in [-0.39, 0.29) is 0 Å². The lowest BCUT2D eigenvalue weighted by Crippen LogP contribution is -2.09. The molecule has 11 aromatic rings. The van der Waals surface area contributed by atoms with Crippen molar-refractivity contribution >= 4 is 60.8 Å². The van der Waals surface area contributed by atoms with Crippen molar-refractivity contribution in [2.45, 2.75) is 31.6 Å². The van der Waals surface area contributed by atoms with Gasteiger partial charge in [0.15, 0.2) is 0 Å². The van der Waals surface area contributed by atoms with Gasteiger partial charge in [0.05, 0.1) is 11.0 Å². The van der Waals surface area contributed by atoms with Gasteiger partial charge in [0.2, 0.25) is 0 Å². The van der Waals surface area contributed by atoms with Crippen molar-refractivity contribution in [2.24, 2.45) is 11.8 Å². The molecule has 0 spiro atoms. The third-order valence-corrected chi connectivity index (χ3v) is 14.5. The van der Waals surface area contributed by atoms with Crippen LogP contribution in [0.5, 0.6) is 0 Å². The number of nitrogens with zero attached hydrogens (tertiary/aromatic N) is 2. The Morgan fingerprint density at radius 1 is 0.422 bits per heavy atom. The number of anilines is 3. The molecule has 2 aromatic heterocycles. The number of benzene rings is 9. The van der Waals surface area contributed by atoms with Gasteiger partial charge in [-0.1, -0.05) is 146 Å². The van der Waals surface area contributed by atoms with Gasteiger partial charge in [-0.3, -0.25) is 0 Å². The van der Waals surface area contributed by atoms with Crippen molar-refractivity contribution in [2.75, 3.05) is 4.90 Å². The molecule has 0 N–H and O–H groups in total. The summed E-state index contributed by atoms with van der Waals surface area (Å²) < 4.78 is 8.82. The van der Waals surface area contributed by atoms with Crippen LogP contribution in [0.2, 0.25) is 0 Å². The minimum absolute atomic E-state index is 0.748. The van der Waals surface area contributed by atoms with Crippen LogP contribution in [0.15, 0.2) is 217 Å². The molecule has 9 aromatic carbocycles. The summed E-state index contributed by atoms with van der Waals surface area (Å²) in [5.74, 6) is 2.59. The molecule has 0 saturated heterocycles. The maximum absolute atomic E-state index is 6.45. The van der Waals surface area contributed by atoms with E-state index in [1.807, 2.05) is 12.1 Å². The smallest absolute Gasteiger partial charge is 0.143 e. The van der Waals surface area contributed by atoms with Gasteiger partial charge in [-0.15, -0.1) is 0 Å². The standard InChI is InChI=1S/C61H46N2O/c1-2-9-48(10-3-1)63-58-15-6-4-11-53(58)57-39-46(29-36-59(57)63)43-25-32-50(33-26-43)62(49-30-23-42(24-31-49)41-19-21-45(22-20-41)56-38-40-17-18-47(56)37-40)51-34-27-44(28-35-51)52-13-8-14-55-54-12-5-7-16-60(54)64-61(52)55/h1-16,19-36,39-40,47,56H,17-18,37-38H2. The van der Waals surface area contributed by atoms with Crippen LogP contribution in [-0.2, 0) is 0 Å². The van der Waals surface area contributed by atoms with Gasteiger partial charge in [-0.05, 0) is 143 Å². The highest BCUT2D eigenvalue weighted by atomic mass is 16.3. The van der Waals surface area contributed by atoms with Gasteiger partial charge in [0.25, 0.3) is 0 Å². The highest BCUT2D eigenvalue weighted by Gasteiger charge is 2.40. The summed E-state index contributed by atoms with van der Waals surface area (Å²) in [6.07, 6.45) is 5.66. The van der Waals surface area contributed by atoms with Crippen LogP contribution in [0.1, 0.15) is 37.2 Å². The first-order chi connectivity index (χ1) is 31.7. The largest absolute Gasteiger partial charge is 0.455 e. The van der Waals surface area contributed by atoms with Gasteiger partial charge in [-0.2, -0.15) is 0 Å². The third kappa shape index (κ3) is 6.18. The van der Waals surface area contributed by atoms with Crippen molar-refractivity contribution in [3.63, 3.8) is 0 Å². The minimum Gasteiger partial charge on any atom is -0.455 e. The predicted molar refractivity (Wildman–Crippen MR) is 267 cm³/mol. The van der Waals surface area contributed by atoms with E-state index in [0.717, 1.165) is 67.9 Å². The summed E-state index contributed by atoms with van der Waals surface area (Å²) in [4.78, 5) is 2.37. The Bertz CT molecular complexity index is 3490. The van der Waals surface area contributed by atoms with Crippen molar-refractivity contribution < 1.29 is 4.42 Å². The first-order valence-electron chi connectivity index (χ1n) is 22.9. The summed E-state index contributed by atoms with van der Waals surface area (Å²) in [7, 11) is 0. The number of furan rings is 1. The first kappa shape index (κ1) is 37.0. The van der Waals surface area contributed by atoms with E-state index in [9.17, 15) is 0 Å². The first-order valence-corrected chi connectivity index (χ1v) is 22.9. The molecule has 2 bridgehead atoms. The lowest BCUT2D eigenvalue weighted by Gasteiger charge is -2.26. The molecule has 3 nitrogen and oxygen atoms in total. The molecular weight excluding hydrogens is 777 g/mol. The molecule has 0 aliphatic heterocycles. The Labute approximate surface area is 373 Å². The van der Waals surface area contributed by atoms with Gasteiger partial charge in [0, 0.05) is 49.9 Å². The van der Waals surface area contributed by atoms with Crippen LogP contribution in [0.3, 0.4) is 0 Å². The highest BCUT2D eigenvalue weighted by Crippen LogP contribution is 2.53. The molecule has 2 heterocycles. The Balaban J connectivity index is 0.860. The molecule has 0 amide bonds. The average molecular weight is 823 g/mol. The topological polar surface area (TPSA) is 21.3 Å². The van der Waals surface area contributed by atoms with Crippen molar-refractivity contribution in [3.05, 3.63) is 218 Å². The fourth-order valence-electron chi connectivity index (χ4n) is 11.4. The summed E-state index contributed by atoms with van der Waals surface area (Å²) in [5, 5.41) is 4.79. The lowest BCUT2D eigenvalue weighted by atomic mass is 9.83.